The Morgan fingerprint density at radius 3 is 2.47 bits per heavy atom. The number of hydrogen-bond acceptors (Lipinski definition) is 4. The zero-order valence-electron chi connectivity index (χ0n) is 9.65. The van der Waals surface area contributed by atoms with Crippen molar-refractivity contribution >= 4 is 0 Å². The van der Waals surface area contributed by atoms with Gasteiger partial charge in [0.2, 0.25) is 0 Å². The summed E-state index contributed by atoms with van der Waals surface area (Å²) in [7, 11) is 1.64. The van der Waals surface area contributed by atoms with Crippen LogP contribution in [0.4, 0.5) is 0 Å². The van der Waals surface area contributed by atoms with Gasteiger partial charge in [-0.25, -0.2) is 0 Å². The highest BCUT2D eigenvalue weighted by Crippen LogP contribution is 2.22. The molecule has 90 valence electrons. The van der Waals surface area contributed by atoms with Gasteiger partial charge in [-0.3, -0.25) is 0 Å². The molecule has 0 heterocycles. The molecule has 0 aromatic carbocycles. The lowest BCUT2D eigenvalue weighted by molar-refractivity contribution is -0.197. The van der Waals surface area contributed by atoms with Crippen LogP contribution in [0, 0.1) is 0 Å². The molecule has 1 unspecified atom stereocenters. The SMILES string of the molecule is CCOC(COC)OC1CCC(O)CC1. The molecule has 0 aromatic heterocycles. The van der Waals surface area contributed by atoms with Gasteiger partial charge in [0.1, 0.15) is 0 Å². The van der Waals surface area contributed by atoms with E-state index in [9.17, 15) is 5.11 Å². The first-order valence-corrected chi connectivity index (χ1v) is 5.70. The Morgan fingerprint density at radius 1 is 1.27 bits per heavy atom. The third-order valence-electron chi connectivity index (χ3n) is 2.64. The Bertz CT molecular complexity index is 149. The molecule has 0 spiro atoms. The van der Waals surface area contributed by atoms with E-state index in [0.717, 1.165) is 25.7 Å². The van der Waals surface area contributed by atoms with E-state index in [1.165, 1.54) is 0 Å². The first-order valence-electron chi connectivity index (χ1n) is 5.70. The normalized spacial score (nSPS) is 29.0. The van der Waals surface area contributed by atoms with Gasteiger partial charge in [-0.1, -0.05) is 0 Å². The monoisotopic (exact) mass is 218 g/mol. The maximum atomic E-state index is 9.36. The smallest absolute Gasteiger partial charge is 0.181 e. The second-order valence-electron chi connectivity index (χ2n) is 3.91. The Hall–Kier alpha value is -0.160. The topological polar surface area (TPSA) is 47.9 Å². The number of aliphatic hydroxyl groups is 1. The van der Waals surface area contributed by atoms with Crippen LogP contribution in [0.5, 0.6) is 0 Å². The van der Waals surface area contributed by atoms with Crippen LogP contribution in [0.15, 0.2) is 0 Å². The number of rotatable bonds is 6. The molecule has 1 rings (SSSR count). The summed E-state index contributed by atoms with van der Waals surface area (Å²) in [4.78, 5) is 0. The van der Waals surface area contributed by atoms with E-state index in [1.807, 2.05) is 6.92 Å². The lowest BCUT2D eigenvalue weighted by Gasteiger charge is -2.29. The minimum absolute atomic E-state index is 0.141. The lowest BCUT2D eigenvalue weighted by atomic mass is 9.95. The molecular weight excluding hydrogens is 196 g/mol. The zero-order chi connectivity index (χ0) is 11.1. The molecule has 0 aliphatic heterocycles. The first kappa shape index (κ1) is 12.9. The molecular formula is C11H22O4. The Kier molecular flexibility index (Phi) is 6.17. The molecule has 1 saturated carbocycles. The van der Waals surface area contributed by atoms with E-state index in [2.05, 4.69) is 0 Å². The van der Waals surface area contributed by atoms with Crippen LogP contribution >= 0.6 is 0 Å². The highest BCUT2D eigenvalue weighted by molar-refractivity contribution is 4.72. The first-order chi connectivity index (χ1) is 7.26. The predicted octanol–water partition coefficient (Wildman–Crippen LogP) is 1.32. The Labute approximate surface area is 91.5 Å². The zero-order valence-corrected chi connectivity index (χ0v) is 9.65. The molecule has 0 radical (unpaired) electrons. The summed E-state index contributed by atoms with van der Waals surface area (Å²) in [6, 6.07) is 0. The van der Waals surface area contributed by atoms with Crippen molar-refractivity contribution < 1.29 is 19.3 Å². The fourth-order valence-corrected chi connectivity index (χ4v) is 1.84. The van der Waals surface area contributed by atoms with Crippen molar-refractivity contribution in [2.45, 2.75) is 51.1 Å². The summed E-state index contributed by atoms with van der Waals surface area (Å²) in [6.45, 7) is 3.03. The van der Waals surface area contributed by atoms with Gasteiger partial charge >= 0.3 is 0 Å². The molecule has 1 N–H and O–H groups in total. The number of ether oxygens (including phenoxy) is 3. The average Bonchev–Trinajstić information content (AvgIpc) is 2.22. The largest absolute Gasteiger partial charge is 0.393 e. The fraction of sp³-hybridized carbons (Fsp3) is 1.00. The van der Waals surface area contributed by atoms with Crippen molar-refractivity contribution in [2.75, 3.05) is 20.3 Å². The summed E-state index contributed by atoms with van der Waals surface area (Å²) >= 11 is 0. The third-order valence-corrected chi connectivity index (χ3v) is 2.64. The standard InChI is InChI=1S/C11H22O4/c1-3-14-11(8-13-2)15-10-6-4-9(12)5-7-10/h9-12H,3-8H2,1-2H3. The maximum absolute atomic E-state index is 9.36. The molecule has 1 aliphatic rings. The second-order valence-corrected chi connectivity index (χ2v) is 3.91. The Morgan fingerprint density at radius 2 is 1.93 bits per heavy atom. The summed E-state index contributed by atoms with van der Waals surface area (Å²) in [5, 5.41) is 9.36. The molecule has 4 heteroatoms. The minimum atomic E-state index is -0.264. The molecule has 1 atom stereocenters. The van der Waals surface area contributed by atoms with Gasteiger partial charge in [-0.05, 0) is 32.6 Å². The van der Waals surface area contributed by atoms with Crippen molar-refractivity contribution in [3.8, 4) is 0 Å². The summed E-state index contributed by atoms with van der Waals surface area (Å²) in [5.41, 5.74) is 0. The summed E-state index contributed by atoms with van der Waals surface area (Å²) < 4.78 is 16.2. The molecule has 1 aliphatic carbocycles. The molecule has 0 bridgehead atoms. The third kappa shape index (κ3) is 4.93. The van der Waals surface area contributed by atoms with Crippen LogP contribution in [-0.2, 0) is 14.2 Å². The van der Waals surface area contributed by atoms with E-state index in [4.69, 9.17) is 14.2 Å². The fourth-order valence-electron chi connectivity index (χ4n) is 1.84. The van der Waals surface area contributed by atoms with Crippen molar-refractivity contribution in [1.29, 1.82) is 0 Å². The van der Waals surface area contributed by atoms with Gasteiger partial charge in [0.05, 0.1) is 18.8 Å². The highest BCUT2D eigenvalue weighted by atomic mass is 16.7. The van der Waals surface area contributed by atoms with E-state index in [0.29, 0.717) is 13.2 Å². The van der Waals surface area contributed by atoms with Gasteiger partial charge < -0.3 is 19.3 Å². The Balaban J connectivity index is 2.24. The van der Waals surface area contributed by atoms with Gasteiger partial charge in [0.25, 0.3) is 0 Å². The number of hydrogen-bond donors (Lipinski definition) is 1. The summed E-state index contributed by atoms with van der Waals surface area (Å²) in [5.74, 6) is 0. The van der Waals surface area contributed by atoms with Gasteiger partial charge in [0, 0.05) is 13.7 Å². The maximum Gasteiger partial charge on any atom is 0.181 e. The summed E-state index contributed by atoms with van der Waals surface area (Å²) in [6.07, 6.45) is 3.29. The molecule has 0 saturated heterocycles. The molecule has 4 nitrogen and oxygen atoms in total. The highest BCUT2D eigenvalue weighted by Gasteiger charge is 2.23. The molecule has 0 aromatic rings. The van der Waals surface area contributed by atoms with Gasteiger partial charge in [-0.2, -0.15) is 0 Å². The van der Waals surface area contributed by atoms with E-state index < -0.39 is 0 Å². The van der Waals surface area contributed by atoms with Crippen LogP contribution in [0.3, 0.4) is 0 Å². The molecule has 15 heavy (non-hydrogen) atoms. The number of aliphatic hydroxyl groups excluding tert-OH is 1. The van der Waals surface area contributed by atoms with Crippen LogP contribution < -0.4 is 0 Å². The van der Waals surface area contributed by atoms with Crippen molar-refractivity contribution in [2.24, 2.45) is 0 Å². The van der Waals surface area contributed by atoms with Crippen molar-refractivity contribution in [3.63, 3.8) is 0 Å². The van der Waals surface area contributed by atoms with E-state index >= 15 is 0 Å². The number of methoxy groups -OCH3 is 1. The van der Waals surface area contributed by atoms with Crippen LogP contribution in [0.1, 0.15) is 32.6 Å². The average molecular weight is 218 g/mol. The molecule has 0 amide bonds. The lowest BCUT2D eigenvalue weighted by Crippen LogP contribution is -2.32. The minimum Gasteiger partial charge on any atom is -0.393 e. The molecule has 1 fully saturated rings. The van der Waals surface area contributed by atoms with E-state index in [-0.39, 0.29) is 18.5 Å². The van der Waals surface area contributed by atoms with Gasteiger partial charge in [0.15, 0.2) is 6.29 Å². The van der Waals surface area contributed by atoms with Crippen LogP contribution in [-0.4, -0.2) is 43.9 Å². The quantitative estimate of drug-likeness (QED) is 0.683. The predicted molar refractivity (Wildman–Crippen MR) is 56.6 cm³/mol. The van der Waals surface area contributed by atoms with Crippen LogP contribution in [0.25, 0.3) is 0 Å². The van der Waals surface area contributed by atoms with Gasteiger partial charge in [-0.15, -0.1) is 0 Å². The van der Waals surface area contributed by atoms with Crippen molar-refractivity contribution in [1.82, 2.24) is 0 Å². The van der Waals surface area contributed by atoms with Crippen LogP contribution in [0.2, 0.25) is 0 Å². The van der Waals surface area contributed by atoms with Crippen molar-refractivity contribution in [3.05, 3.63) is 0 Å². The second kappa shape index (κ2) is 7.17. The van der Waals surface area contributed by atoms with E-state index in [1.54, 1.807) is 7.11 Å².